The number of amides is 1. The first-order valence-corrected chi connectivity index (χ1v) is 10.8. The maximum absolute atomic E-state index is 12.2. The number of ether oxygens (including phenoxy) is 2. The molecule has 0 spiro atoms. The van der Waals surface area contributed by atoms with E-state index in [9.17, 15) is 14.4 Å². The van der Waals surface area contributed by atoms with Crippen molar-refractivity contribution in [2.45, 2.75) is 12.3 Å². The van der Waals surface area contributed by atoms with Crippen LogP contribution in [0.1, 0.15) is 49.7 Å². The highest BCUT2D eigenvalue weighted by atomic mass is 16.6. The molecule has 3 aromatic rings. The van der Waals surface area contributed by atoms with E-state index in [1.807, 2.05) is 30.3 Å². The van der Waals surface area contributed by atoms with Crippen LogP contribution in [0, 0.1) is 0 Å². The largest absolute Gasteiger partial charge is 0.449 e. The molecule has 0 aromatic heterocycles. The van der Waals surface area contributed by atoms with Gasteiger partial charge in [-0.3, -0.25) is 0 Å². The van der Waals surface area contributed by atoms with E-state index in [-0.39, 0.29) is 23.7 Å². The fourth-order valence-electron chi connectivity index (χ4n) is 4.41. The number of nitrogens with one attached hydrogen (secondary N) is 1. The summed E-state index contributed by atoms with van der Waals surface area (Å²) in [5.41, 5.74) is 5.88. The molecule has 164 valence electrons. The molecule has 1 N–H and O–H groups in total. The van der Waals surface area contributed by atoms with Crippen LogP contribution < -0.4 is 5.32 Å². The Morgan fingerprint density at radius 2 is 1.55 bits per heavy atom. The van der Waals surface area contributed by atoms with Crippen LogP contribution in [0.2, 0.25) is 0 Å². The Kier molecular flexibility index (Phi) is 5.48. The first-order chi connectivity index (χ1) is 16.1. The van der Waals surface area contributed by atoms with E-state index in [4.69, 9.17) is 4.74 Å². The van der Waals surface area contributed by atoms with E-state index in [1.165, 1.54) is 22.3 Å². The van der Waals surface area contributed by atoms with E-state index >= 15 is 0 Å². The van der Waals surface area contributed by atoms with Crippen LogP contribution in [0.25, 0.3) is 17.2 Å². The van der Waals surface area contributed by atoms with Crippen LogP contribution in [-0.2, 0) is 9.47 Å². The Labute approximate surface area is 190 Å². The van der Waals surface area contributed by atoms with Gasteiger partial charge in [0.25, 0.3) is 0 Å². The van der Waals surface area contributed by atoms with E-state index < -0.39 is 18.0 Å². The van der Waals surface area contributed by atoms with Crippen LogP contribution in [0.4, 0.5) is 4.79 Å². The van der Waals surface area contributed by atoms with Crippen molar-refractivity contribution in [3.05, 3.63) is 101 Å². The van der Waals surface area contributed by atoms with E-state index in [0.717, 1.165) is 0 Å². The number of hydrogen-bond donors (Lipinski definition) is 1. The van der Waals surface area contributed by atoms with Crippen LogP contribution >= 0.6 is 0 Å². The van der Waals surface area contributed by atoms with Crippen molar-refractivity contribution in [2.75, 3.05) is 13.2 Å². The third kappa shape index (κ3) is 3.91. The lowest BCUT2D eigenvalue weighted by Crippen LogP contribution is -2.26. The normalized spacial score (nSPS) is 14.1. The Bertz CT molecular complexity index is 1250. The Morgan fingerprint density at radius 3 is 2.27 bits per heavy atom. The smallest absolute Gasteiger partial charge is 0.407 e. The maximum atomic E-state index is 12.2. The van der Waals surface area contributed by atoms with Crippen LogP contribution in [0.3, 0.4) is 0 Å². The fourth-order valence-corrected chi connectivity index (χ4v) is 4.41. The van der Waals surface area contributed by atoms with Crippen molar-refractivity contribution in [2.24, 2.45) is 0 Å². The molecule has 3 aromatic carbocycles. The number of carbonyl (C=O) groups excluding carboxylic acids is 3. The van der Waals surface area contributed by atoms with Gasteiger partial charge in [-0.2, -0.15) is 0 Å². The van der Waals surface area contributed by atoms with Gasteiger partial charge < -0.3 is 14.8 Å². The van der Waals surface area contributed by atoms with Gasteiger partial charge >= 0.3 is 18.0 Å². The highest BCUT2D eigenvalue weighted by Crippen LogP contribution is 2.44. The zero-order valence-electron chi connectivity index (χ0n) is 17.7. The molecular weight excluding hydrogens is 418 g/mol. The summed E-state index contributed by atoms with van der Waals surface area (Å²) in [4.78, 5) is 35.7. The summed E-state index contributed by atoms with van der Waals surface area (Å²) < 4.78 is 10.2. The Balaban J connectivity index is 1.14. The van der Waals surface area contributed by atoms with Crippen molar-refractivity contribution in [1.82, 2.24) is 5.32 Å². The van der Waals surface area contributed by atoms with E-state index in [2.05, 4.69) is 34.3 Å². The topological polar surface area (TPSA) is 81.7 Å². The maximum Gasteiger partial charge on any atom is 0.407 e. The molecule has 1 amide bonds. The van der Waals surface area contributed by atoms with Crippen molar-refractivity contribution >= 4 is 24.1 Å². The quantitative estimate of drug-likeness (QED) is 0.334. The van der Waals surface area contributed by atoms with Gasteiger partial charge in [0.05, 0.1) is 11.1 Å². The second kappa shape index (κ2) is 8.74. The summed E-state index contributed by atoms with van der Waals surface area (Å²) in [6.45, 7) is 0.646. The van der Waals surface area contributed by atoms with E-state index in [1.54, 1.807) is 24.3 Å². The molecule has 0 saturated carbocycles. The molecule has 6 heteroatoms. The van der Waals surface area contributed by atoms with Crippen LogP contribution in [-0.4, -0.2) is 31.2 Å². The molecule has 1 heterocycles. The molecule has 1 aliphatic heterocycles. The molecule has 1 aliphatic carbocycles. The van der Waals surface area contributed by atoms with Crippen molar-refractivity contribution in [3.8, 4) is 11.1 Å². The Hall–Kier alpha value is -4.19. The van der Waals surface area contributed by atoms with Crippen molar-refractivity contribution < 1.29 is 23.9 Å². The summed E-state index contributed by atoms with van der Waals surface area (Å²) >= 11 is 0. The first-order valence-electron chi connectivity index (χ1n) is 10.8. The van der Waals surface area contributed by atoms with Gasteiger partial charge in [-0.05, 0) is 40.3 Å². The van der Waals surface area contributed by atoms with Crippen molar-refractivity contribution in [1.29, 1.82) is 0 Å². The van der Waals surface area contributed by atoms with E-state index in [0.29, 0.717) is 18.5 Å². The number of benzene rings is 3. The lowest BCUT2D eigenvalue weighted by molar-refractivity contribution is 0.0443. The Morgan fingerprint density at radius 1 is 0.879 bits per heavy atom. The standard InChI is InChI=1S/C27H21NO5/c29-25-22-14-7-9-17(24(22)26(30)33-25)8-5-6-15-28-27(31)32-16-23-20-12-3-1-10-18(20)19-11-2-4-13-21(19)23/h1-5,7-14,23H,6,15-16H2,(H,28,31). The molecule has 0 radical (unpaired) electrons. The van der Waals surface area contributed by atoms with Gasteiger partial charge in [-0.1, -0.05) is 72.8 Å². The highest BCUT2D eigenvalue weighted by Gasteiger charge is 2.31. The molecule has 0 atom stereocenters. The monoisotopic (exact) mass is 439 g/mol. The van der Waals surface area contributed by atoms with Gasteiger partial charge in [0.2, 0.25) is 0 Å². The molecule has 0 bridgehead atoms. The SMILES string of the molecule is O=C(NCCC=Cc1cccc2c1C(=O)OC2=O)OCC1c2ccccc2-c2ccccc21. The molecule has 0 unspecified atom stereocenters. The average Bonchev–Trinajstić information content (AvgIpc) is 3.31. The number of fused-ring (bicyclic) bond motifs is 4. The van der Waals surface area contributed by atoms with Gasteiger partial charge in [0.1, 0.15) is 6.61 Å². The second-order valence-corrected chi connectivity index (χ2v) is 7.89. The van der Waals surface area contributed by atoms with Gasteiger partial charge in [0, 0.05) is 12.5 Å². The first kappa shape index (κ1) is 20.7. The van der Waals surface area contributed by atoms with Gasteiger partial charge in [-0.15, -0.1) is 0 Å². The lowest BCUT2D eigenvalue weighted by atomic mass is 9.98. The molecular formula is C27H21NO5. The lowest BCUT2D eigenvalue weighted by Gasteiger charge is -2.14. The molecule has 5 rings (SSSR count). The summed E-state index contributed by atoms with van der Waals surface area (Å²) in [7, 11) is 0. The average molecular weight is 439 g/mol. The minimum Gasteiger partial charge on any atom is -0.449 e. The number of carbonyl (C=O) groups is 3. The predicted octanol–water partition coefficient (Wildman–Crippen LogP) is 4.94. The zero-order valence-corrected chi connectivity index (χ0v) is 17.7. The minimum atomic E-state index is -0.632. The number of alkyl carbamates (subject to hydrolysis) is 1. The third-order valence-electron chi connectivity index (χ3n) is 5.93. The second-order valence-electron chi connectivity index (χ2n) is 7.89. The van der Waals surface area contributed by atoms with Crippen LogP contribution in [0.5, 0.6) is 0 Å². The highest BCUT2D eigenvalue weighted by molar-refractivity contribution is 6.16. The van der Waals surface area contributed by atoms with Gasteiger partial charge in [0.15, 0.2) is 0 Å². The minimum absolute atomic E-state index is 0.0192. The predicted molar refractivity (Wildman–Crippen MR) is 123 cm³/mol. The molecule has 0 fully saturated rings. The molecule has 2 aliphatic rings. The zero-order chi connectivity index (χ0) is 22.8. The molecule has 6 nitrogen and oxygen atoms in total. The number of hydrogen-bond acceptors (Lipinski definition) is 5. The number of rotatable bonds is 6. The summed E-state index contributed by atoms with van der Waals surface area (Å²) in [6, 6.07) is 21.4. The van der Waals surface area contributed by atoms with Crippen LogP contribution in [0.15, 0.2) is 72.8 Å². The number of esters is 2. The number of cyclic esters (lactones) is 2. The molecule has 33 heavy (non-hydrogen) atoms. The molecule has 0 saturated heterocycles. The third-order valence-corrected chi connectivity index (χ3v) is 5.93. The summed E-state index contributed by atoms with van der Waals surface area (Å²) in [5, 5.41) is 2.75. The summed E-state index contributed by atoms with van der Waals surface area (Å²) in [5.74, 6) is -1.24. The fraction of sp³-hybridized carbons (Fsp3) is 0.148. The summed E-state index contributed by atoms with van der Waals surface area (Å²) in [6.07, 6.45) is 3.64. The van der Waals surface area contributed by atoms with Crippen molar-refractivity contribution in [3.63, 3.8) is 0 Å². The van der Waals surface area contributed by atoms with Gasteiger partial charge in [-0.25, -0.2) is 14.4 Å².